The van der Waals surface area contributed by atoms with Crippen LogP contribution in [0.15, 0.2) is 35.2 Å². The molecule has 0 radical (unpaired) electrons. The Bertz CT molecular complexity index is 1030. The first-order chi connectivity index (χ1) is 14.2. The number of aliphatic carboxylic acids is 1. The highest BCUT2D eigenvalue weighted by atomic mass is 32.2. The molecule has 0 spiro atoms. The summed E-state index contributed by atoms with van der Waals surface area (Å²) in [6.45, 7) is 3.48. The SMILES string of the molecule is Cc1cc(C)nc(NS(=O)(=O)c2ccc(NC(=O)C3CCCCC3C(=O)O)cc2)n1. The number of hydrogen-bond donors (Lipinski definition) is 3. The zero-order valence-corrected chi connectivity index (χ0v) is 17.6. The monoisotopic (exact) mass is 432 g/mol. The van der Waals surface area contributed by atoms with Crippen molar-refractivity contribution in [2.75, 3.05) is 10.0 Å². The van der Waals surface area contributed by atoms with Crippen LogP contribution in [0.5, 0.6) is 0 Å². The fraction of sp³-hybridized carbons (Fsp3) is 0.400. The number of anilines is 2. The van der Waals surface area contributed by atoms with Crippen LogP contribution < -0.4 is 10.0 Å². The van der Waals surface area contributed by atoms with Crippen LogP contribution in [-0.4, -0.2) is 35.4 Å². The summed E-state index contributed by atoms with van der Waals surface area (Å²) in [6.07, 6.45) is 2.61. The van der Waals surface area contributed by atoms with E-state index >= 15 is 0 Å². The second kappa shape index (κ2) is 8.78. The van der Waals surface area contributed by atoms with Crippen molar-refractivity contribution >= 4 is 33.5 Å². The summed E-state index contributed by atoms with van der Waals surface area (Å²) in [5.41, 5.74) is 1.68. The second-order valence-electron chi connectivity index (χ2n) is 7.43. The summed E-state index contributed by atoms with van der Waals surface area (Å²) in [4.78, 5) is 32.1. The molecule has 2 atom stereocenters. The third-order valence-electron chi connectivity index (χ3n) is 5.06. The van der Waals surface area contributed by atoms with Gasteiger partial charge in [-0.25, -0.2) is 23.1 Å². The van der Waals surface area contributed by atoms with Gasteiger partial charge in [0.2, 0.25) is 11.9 Å². The molecule has 1 aromatic heterocycles. The van der Waals surface area contributed by atoms with Crippen LogP contribution in [0.3, 0.4) is 0 Å². The lowest BCUT2D eigenvalue weighted by Crippen LogP contribution is -2.36. The van der Waals surface area contributed by atoms with E-state index in [1.165, 1.54) is 24.3 Å². The van der Waals surface area contributed by atoms with Gasteiger partial charge in [0.1, 0.15) is 0 Å². The number of nitrogens with zero attached hydrogens (tertiary/aromatic N) is 2. The Morgan fingerprint density at radius 3 is 2.13 bits per heavy atom. The minimum Gasteiger partial charge on any atom is -0.481 e. The van der Waals surface area contributed by atoms with Crippen molar-refractivity contribution in [3.63, 3.8) is 0 Å². The van der Waals surface area contributed by atoms with Crippen molar-refractivity contribution in [1.82, 2.24) is 9.97 Å². The summed E-state index contributed by atoms with van der Waals surface area (Å²) in [5, 5.41) is 12.0. The van der Waals surface area contributed by atoms with Gasteiger partial charge in [-0.1, -0.05) is 12.8 Å². The Morgan fingerprint density at radius 2 is 1.57 bits per heavy atom. The zero-order valence-electron chi connectivity index (χ0n) is 16.8. The Hall–Kier alpha value is -3.01. The molecule has 2 unspecified atom stereocenters. The van der Waals surface area contributed by atoms with E-state index in [2.05, 4.69) is 20.0 Å². The molecule has 160 valence electrons. The van der Waals surface area contributed by atoms with Crippen LogP contribution in [0.2, 0.25) is 0 Å². The first-order valence-corrected chi connectivity index (χ1v) is 11.1. The van der Waals surface area contributed by atoms with Gasteiger partial charge < -0.3 is 10.4 Å². The molecule has 2 aromatic rings. The number of nitrogens with one attached hydrogen (secondary N) is 2. The molecule has 1 aliphatic rings. The molecule has 1 fully saturated rings. The average molecular weight is 433 g/mol. The highest BCUT2D eigenvalue weighted by molar-refractivity contribution is 7.92. The molecular formula is C20H24N4O5S. The summed E-state index contributed by atoms with van der Waals surface area (Å²) >= 11 is 0. The van der Waals surface area contributed by atoms with Gasteiger partial charge >= 0.3 is 5.97 Å². The van der Waals surface area contributed by atoms with Crippen LogP contribution in [-0.2, 0) is 19.6 Å². The smallest absolute Gasteiger partial charge is 0.307 e. The number of rotatable bonds is 6. The van der Waals surface area contributed by atoms with Crippen molar-refractivity contribution in [3.8, 4) is 0 Å². The van der Waals surface area contributed by atoms with Crippen LogP contribution in [0.1, 0.15) is 37.1 Å². The number of benzene rings is 1. The highest BCUT2D eigenvalue weighted by Crippen LogP contribution is 2.31. The molecule has 10 heteroatoms. The Morgan fingerprint density at radius 1 is 1.00 bits per heavy atom. The third kappa shape index (κ3) is 5.12. The van der Waals surface area contributed by atoms with Crippen LogP contribution in [0.25, 0.3) is 0 Å². The Kier molecular flexibility index (Phi) is 6.35. The number of hydrogen-bond acceptors (Lipinski definition) is 6. The summed E-state index contributed by atoms with van der Waals surface area (Å²) in [7, 11) is -3.90. The molecule has 0 saturated heterocycles. The van der Waals surface area contributed by atoms with Gasteiger partial charge in [-0.2, -0.15) is 0 Å². The predicted molar refractivity (Wildman–Crippen MR) is 110 cm³/mol. The minimum absolute atomic E-state index is 0.00987. The maximum atomic E-state index is 12.6. The standard InChI is InChI=1S/C20H24N4O5S/c1-12-11-13(2)22-20(21-12)24-30(28,29)15-9-7-14(8-10-15)23-18(25)16-5-3-4-6-17(16)19(26)27/h7-11,16-17H,3-6H2,1-2H3,(H,23,25)(H,26,27)(H,21,22,24). The summed E-state index contributed by atoms with van der Waals surface area (Å²) in [6, 6.07) is 7.38. The van der Waals surface area contributed by atoms with Gasteiger partial charge in [-0.15, -0.1) is 0 Å². The van der Waals surface area contributed by atoms with E-state index in [1.54, 1.807) is 19.9 Å². The number of carboxylic acid groups (broad SMARTS) is 1. The van der Waals surface area contributed by atoms with E-state index in [0.29, 0.717) is 29.9 Å². The lowest BCUT2D eigenvalue weighted by atomic mass is 9.78. The van der Waals surface area contributed by atoms with E-state index in [0.717, 1.165) is 12.8 Å². The van der Waals surface area contributed by atoms with Crippen molar-refractivity contribution < 1.29 is 23.1 Å². The van der Waals surface area contributed by atoms with Crippen molar-refractivity contribution in [2.45, 2.75) is 44.4 Å². The van der Waals surface area contributed by atoms with Crippen molar-refractivity contribution in [1.29, 1.82) is 0 Å². The molecule has 1 heterocycles. The number of carbonyl (C=O) groups excluding carboxylic acids is 1. The first kappa shape index (κ1) is 21.7. The number of carbonyl (C=O) groups is 2. The average Bonchev–Trinajstić information content (AvgIpc) is 2.67. The van der Waals surface area contributed by atoms with Crippen LogP contribution in [0.4, 0.5) is 11.6 Å². The van der Waals surface area contributed by atoms with E-state index in [-0.39, 0.29) is 16.8 Å². The molecule has 3 N–H and O–H groups in total. The second-order valence-corrected chi connectivity index (χ2v) is 9.11. The summed E-state index contributed by atoms with van der Waals surface area (Å²) < 4.78 is 27.5. The molecule has 1 aromatic carbocycles. The number of amides is 1. The molecule has 30 heavy (non-hydrogen) atoms. The first-order valence-electron chi connectivity index (χ1n) is 9.64. The normalized spacial score (nSPS) is 19.1. The van der Waals surface area contributed by atoms with E-state index in [4.69, 9.17) is 0 Å². The van der Waals surface area contributed by atoms with Crippen molar-refractivity contribution in [3.05, 3.63) is 41.7 Å². The molecule has 1 amide bonds. The van der Waals surface area contributed by atoms with Gasteiger partial charge in [0.15, 0.2) is 0 Å². The highest BCUT2D eigenvalue weighted by Gasteiger charge is 2.35. The molecule has 3 rings (SSSR count). The Balaban J connectivity index is 1.70. The quantitative estimate of drug-likeness (QED) is 0.638. The lowest BCUT2D eigenvalue weighted by molar-refractivity contribution is -0.147. The minimum atomic E-state index is -3.90. The van der Waals surface area contributed by atoms with Crippen molar-refractivity contribution in [2.24, 2.45) is 11.8 Å². The van der Waals surface area contributed by atoms with Crippen LogP contribution in [0, 0.1) is 25.7 Å². The van der Waals surface area contributed by atoms with Gasteiger partial charge in [0.05, 0.1) is 16.7 Å². The maximum Gasteiger partial charge on any atom is 0.307 e. The number of aromatic nitrogens is 2. The molecule has 1 saturated carbocycles. The maximum absolute atomic E-state index is 12.6. The number of sulfonamides is 1. The van der Waals surface area contributed by atoms with Crippen LogP contribution >= 0.6 is 0 Å². The zero-order chi connectivity index (χ0) is 21.9. The fourth-order valence-electron chi connectivity index (χ4n) is 3.64. The number of carboxylic acids is 1. The van der Waals surface area contributed by atoms with Gasteiger partial charge in [0.25, 0.3) is 10.0 Å². The molecular weight excluding hydrogens is 408 g/mol. The lowest BCUT2D eigenvalue weighted by Gasteiger charge is -2.27. The topological polar surface area (TPSA) is 138 Å². The van der Waals surface area contributed by atoms with Gasteiger partial charge in [0, 0.05) is 17.1 Å². The molecule has 0 aliphatic heterocycles. The third-order valence-corrected chi connectivity index (χ3v) is 6.40. The number of aryl methyl sites for hydroxylation is 2. The van der Waals surface area contributed by atoms with E-state index in [9.17, 15) is 23.1 Å². The van der Waals surface area contributed by atoms with Gasteiger partial charge in [-0.3, -0.25) is 9.59 Å². The predicted octanol–water partition coefficient (Wildman–Crippen LogP) is 2.72. The molecule has 9 nitrogen and oxygen atoms in total. The largest absolute Gasteiger partial charge is 0.481 e. The molecule has 1 aliphatic carbocycles. The molecule has 0 bridgehead atoms. The van der Waals surface area contributed by atoms with Gasteiger partial charge in [-0.05, 0) is 57.0 Å². The Labute approximate surface area is 175 Å². The van der Waals surface area contributed by atoms with E-state index < -0.39 is 27.8 Å². The summed E-state index contributed by atoms with van der Waals surface area (Å²) in [5.74, 6) is -2.62. The van der Waals surface area contributed by atoms with E-state index in [1.807, 2.05) is 0 Å². The fourth-order valence-corrected chi connectivity index (χ4v) is 4.59.